The van der Waals surface area contributed by atoms with Crippen molar-refractivity contribution in [3.05, 3.63) is 30.1 Å². The molecule has 1 aromatic rings. The number of rotatable bonds is 9. The second kappa shape index (κ2) is 14.1. The van der Waals surface area contributed by atoms with Crippen LogP contribution in [0.15, 0.2) is 34.5 Å². The van der Waals surface area contributed by atoms with Gasteiger partial charge in [-0.3, -0.25) is 19.8 Å². The van der Waals surface area contributed by atoms with Crippen LogP contribution in [0.2, 0.25) is 0 Å². The van der Waals surface area contributed by atoms with Crippen molar-refractivity contribution in [3.8, 4) is 0 Å². The predicted molar refractivity (Wildman–Crippen MR) is 137 cm³/mol. The van der Waals surface area contributed by atoms with E-state index >= 15 is 0 Å². The number of aromatic nitrogens is 1. The molecule has 178 valence electrons. The van der Waals surface area contributed by atoms with Crippen molar-refractivity contribution >= 4 is 29.5 Å². The second-order valence-electron chi connectivity index (χ2n) is 8.02. The average molecular weight is 461 g/mol. The number of hydrogen-bond acceptors (Lipinski definition) is 5. The Labute approximate surface area is 198 Å². The van der Waals surface area contributed by atoms with Gasteiger partial charge in [0.25, 0.3) is 0 Å². The molecule has 0 radical (unpaired) electrons. The number of carbonyl (C=O) groups is 1. The van der Waals surface area contributed by atoms with E-state index in [0.29, 0.717) is 30.2 Å². The van der Waals surface area contributed by atoms with Gasteiger partial charge in [0.1, 0.15) is 5.84 Å². The molecule has 32 heavy (non-hydrogen) atoms. The molecule has 3 rings (SSSR count). The van der Waals surface area contributed by atoms with Crippen LogP contribution in [-0.2, 0) is 4.79 Å². The van der Waals surface area contributed by atoms with E-state index in [0.717, 1.165) is 49.8 Å². The summed E-state index contributed by atoms with van der Waals surface area (Å²) < 4.78 is 0. The highest BCUT2D eigenvalue weighted by Gasteiger charge is 2.37. The largest absolute Gasteiger partial charge is 0.352 e. The minimum absolute atomic E-state index is 0.156. The zero-order chi connectivity index (χ0) is 23.3. The number of hydrogen-bond donors (Lipinski definition) is 2. The van der Waals surface area contributed by atoms with Crippen LogP contribution in [0.25, 0.3) is 0 Å². The Morgan fingerprint density at radius 3 is 2.69 bits per heavy atom. The summed E-state index contributed by atoms with van der Waals surface area (Å²) in [5, 5.41) is 7.35. The molecule has 0 aliphatic carbocycles. The minimum atomic E-state index is 0.156. The van der Waals surface area contributed by atoms with E-state index in [1.807, 2.05) is 38.0 Å². The van der Waals surface area contributed by atoms with Crippen LogP contribution in [0.5, 0.6) is 0 Å². The van der Waals surface area contributed by atoms with E-state index in [1.54, 1.807) is 19.0 Å². The predicted octanol–water partition coefficient (Wildman–Crippen LogP) is 3.68. The van der Waals surface area contributed by atoms with Crippen LogP contribution in [0.1, 0.15) is 64.4 Å². The van der Waals surface area contributed by atoms with Crippen molar-refractivity contribution in [2.45, 2.75) is 70.1 Å². The molecule has 3 atom stereocenters. The van der Waals surface area contributed by atoms with Gasteiger partial charge < -0.3 is 15.5 Å². The Hall–Kier alpha value is -2.09. The fourth-order valence-corrected chi connectivity index (χ4v) is 5.23. The molecular weight excluding hydrogens is 420 g/mol. The molecule has 2 saturated heterocycles. The van der Waals surface area contributed by atoms with Crippen molar-refractivity contribution in [2.75, 3.05) is 32.9 Å². The standard InChI is InChI=1S/C22H34N6OS.C2H6/c1-4-16(17-7-12-23-13-8-17)9-14-25-22-26-18-10-15-30-20(18)21(27-22)24-11-5-6-19(29)28(2)3;1-2/h7-8,12-13,16,18,20H,4-6,9-11,14-15H2,1-3H3,(H2,24,25,26,27);1-2H3. The van der Waals surface area contributed by atoms with Crippen LogP contribution in [0, 0.1) is 0 Å². The molecule has 0 spiro atoms. The lowest BCUT2D eigenvalue weighted by Crippen LogP contribution is -2.59. The quantitative estimate of drug-likeness (QED) is 0.550. The molecule has 1 amide bonds. The van der Waals surface area contributed by atoms with Gasteiger partial charge in [0, 0.05) is 52.0 Å². The van der Waals surface area contributed by atoms with Gasteiger partial charge in [-0.05, 0) is 55.1 Å². The zero-order valence-corrected chi connectivity index (χ0v) is 21.1. The van der Waals surface area contributed by atoms with Crippen molar-refractivity contribution < 1.29 is 4.79 Å². The van der Waals surface area contributed by atoms with E-state index in [-0.39, 0.29) is 5.91 Å². The Morgan fingerprint density at radius 2 is 2.00 bits per heavy atom. The number of carbonyl (C=O) groups excluding carboxylic acids is 1. The molecule has 0 saturated carbocycles. The molecule has 3 unspecified atom stereocenters. The summed E-state index contributed by atoms with van der Waals surface area (Å²) in [5.74, 6) is 3.64. The summed E-state index contributed by atoms with van der Waals surface area (Å²) in [4.78, 5) is 27.1. The third-order valence-corrected chi connectivity index (χ3v) is 7.06. The fourth-order valence-electron chi connectivity index (χ4n) is 3.85. The van der Waals surface area contributed by atoms with Crippen LogP contribution in [0.3, 0.4) is 0 Å². The number of guanidine groups is 1. The maximum atomic E-state index is 11.8. The van der Waals surface area contributed by atoms with E-state index in [4.69, 9.17) is 9.98 Å². The zero-order valence-electron chi connectivity index (χ0n) is 20.3. The molecule has 3 heterocycles. The van der Waals surface area contributed by atoms with Crippen molar-refractivity contribution in [3.63, 3.8) is 0 Å². The molecule has 2 aliphatic heterocycles. The lowest BCUT2D eigenvalue weighted by atomic mass is 9.94. The monoisotopic (exact) mass is 460 g/mol. The third-order valence-electron chi connectivity index (χ3n) is 5.68. The first-order valence-corrected chi connectivity index (χ1v) is 13.0. The first kappa shape index (κ1) is 26.2. The van der Waals surface area contributed by atoms with Gasteiger partial charge in [-0.15, -0.1) is 11.8 Å². The van der Waals surface area contributed by atoms with Crippen molar-refractivity contribution in [1.82, 2.24) is 20.5 Å². The van der Waals surface area contributed by atoms with Crippen LogP contribution in [-0.4, -0.2) is 71.8 Å². The number of fused-ring (bicyclic) bond motifs is 1. The Kier molecular flexibility index (Phi) is 11.6. The molecular formula is C24H40N6OS. The Balaban J connectivity index is 0.00000176. The summed E-state index contributed by atoms with van der Waals surface area (Å²) >= 11 is 1.94. The molecule has 2 fully saturated rings. The first-order valence-electron chi connectivity index (χ1n) is 11.9. The van der Waals surface area contributed by atoms with Gasteiger partial charge in [0.05, 0.1) is 5.25 Å². The van der Waals surface area contributed by atoms with E-state index < -0.39 is 0 Å². The average Bonchev–Trinajstić information content (AvgIpc) is 3.30. The maximum absolute atomic E-state index is 11.8. The lowest BCUT2D eigenvalue weighted by Gasteiger charge is -2.31. The number of aliphatic imine (C=N–C) groups is 2. The second-order valence-corrected chi connectivity index (χ2v) is 9.27. The highest BCUT2D eigenvalue weighted by Crippen LogP contribution is 2.29. The third kappa shape index (κ3) is 7.80. The lowest BCUT2D eigenvalue weighted by molar-refractivity contribution is -0.128. The SMILES string of the molecule is CC.CCC(CCN=C1NC(=NCCCC(=O)N(C)C)C2SCCC2N1)c1ccncc1. The van der Waals surface area contributed by atoms with Gasteiger partial charge in [-0.2, -0.15) is 0 Å². The molecule has 1 aromatic heterocycles. The van der Waals surface area contributed by atoms with Crippen LogP contribution in [0.4, 0.5) is 0 Å². The smallest absolute Gasteiger partial charge is 0.222 e. The molecule has 0 aromatic carbocycles. The maximum Gasteiger partial charge on any atom is 0.222 e. The van der Waals surface area contributed by atoms with Crippen molar-refractivity contribution in [2.24, 2.45) is 9.98 Å². The summed E-state index contributed by atoms with van der Waals surface area (Å²) in [6.45, 7) is 7.66. The van der Waals surface area contributed by atoms with Crippen LogP contribution < -0.4 is 10.6 Å². The summed E-state index contributed by atoms with van der Waals surface area (Å²) in [7, 11) is 3.59. The van der Waals surface area contributed by atoms with E-state index in [2.05, 4.69) is 34.7 Å². The normalized spacial score (nSPS) is 22.9. The highest BCUT2D eigenvalue weighted by atomic mass is 32.2. The summed E-state index contributed by atoms with van der Waals surface area (Å²) in [5.41, 5.74) is 1.33. The highest BCUT2D eigenvalue weighted by molar-refractivity contribution is 8.01. The fraction of sp³-hybridized carbons (Fsp3) is 0.667. The number of nitrogens with one attached hydrogen (secondary N) is 2. The van der Waals surface area contributed by atoms with E-state index in [1.165, 1.54) is 5.56 Å². The number of amides is 1. The molecule has 2 N–H and O–H groups in total. The minimum Gasteiger partial charge on any atom is -0.352 e. The first-order chi connectivity index (χ1) is 15.6. The Morgan fingerprint density at radius 1 is 1.25 bits per heavy atom. The number of amidine groups is 1. The molecule has 8 heteroatoms. The Bertz CT molecular complexity index is 752. The van der Waals surface area contributed by atoms with Gasteiger partial charge in [0.15, 0.2) is 5.96 Å². The number of nitrogens with zero attached hydrogens (tertiary/aromatic N) is 4. The topological polar surface area (TPSA) is 82.0 Å². The van der Waals surface area contributed by atoms with Gasteiger partial charge in [0.2, 0.25) is 5.91 Å². The van der Waals surface area contributed by atoms with Gasteiger partial charge >= 0.3 is 0 Å². The number of pyridine rings is 1. The van der Waals surface area contributed by atoms with Crippen molar-refractivity contribution in [1.29, 1.82) is 0 Å². The summed E-state index contributed by atoms with van der Waals surface area (Å²) in [6, 6.07) is 4.59. The summed E-state index contributed by atoms with van der Waals surface area (Å²) in [6.07, 6.45) is 8.27. The number of thioether (sulfide) groups is 1. The van der Waals surface area contributed by atoms with Gasteiger partial charge in [-0.1, -0.05) is 20.8 Å². The van der Waals surface area contributed by atoms with Crippen LogP contribution >= 0.6 is 11.8 Å². The molecule has 0 bridgehead atoms. The van der Waals surface area contributed by atoms with E-state index in [9.17, 15) is 4.79 Å². The molecule has 7 nitrogen and oxygen atoms in total. The molecule has 2 aliphatic rings. The van der Waals surface area contributed by atoms with Gasteiger partial charge in [-0.25, -0.2) is 0 Å².